The number of anilines is 1. The van der Waals surface area contributed by atoms with Crippen molar-refractivity contribution in [3.8, 4) is 0 Å². The zero-order chi connectivity index (χ0) is 17.8. The second kappa shape index (κ2) is 9.51. The van der Waals surface area contributed by atoms with Crippen LogP contribution in [0.15, 0.2) is 65.9 Å². The van der Waals surface area contributed by atoms with E-state index in [-0.39, 0.29) is 36.7 Å². The molecule has 0 spiro atoms. The maximum atomic E-state index is 12.3. The first-order valence-corrected chi connectivity index (χ1v) is 7.42. The first kappa shape index (κ1) is 21.9. The van der Waals surface area contributed by atoms with Gasteiger partial charge in [0, 0.05) is 17.3 Å². The molecular weight excluding hydrogens is 389 g/mol. The summed E-state index contributed by atoms with van der Waals surface area (Å²) in [5.41, 5.74) is 11.9. The lowest BCUT2D eigenvalue weighted by Crippen LogP contribution is -2.24. The van der Waals surface area contributed by atoms with Gasteiger partial charge in [-0.25, -0.2) is 0 Å². The molecule has 9 heteroatoms. The molecule has 1 aromatic heterocycles. The lowest BCUT2D eigenvalue weighted by Gasteiger charge is -2.06. The third-order valence-electron chi connectivity index (χ3n) is 3.50. The number of pyridine rings is 1. The molecule has 0 saturated heterocycles. The van der Waals surface area contributed by atoms with Gasteiger partial charge >= 0.3 is 0 Å². The summed E-state index contributed by atoms with van der Waals surface area (Å²) in [5.74, 6) is -1.04. The van der Waals surface area contributed by atoms with Crippen molar-refractivity contribution in [3.05, 3.63) is 72.1 Å². The first-order valence-electron chi connectivity index (χ1n) is 7.42. The van der Waals surface area contributed by atoms with Crippen molar-refractivity contribution in [1.29, 1.82) is 0 Å². The number of carbonyl (C=O) groups is 2. The Bertz CT molecular complexity index is 989. The van der Waals surface area contributed by atoms with Gasteiger partial charge in [0.1, 0.15) is 0 Å². The number of rotatable bonds is 3. The topological polar surface area (TPSA) is 123 Å². The number of guanidine groups is 1. The van der Waals surface area contributed by atoms with Gasteiger partial charge in [-0.2, -0.15) is 4.99 Å². The van der Waals surface area contributed by atoms with Crippen LogP contribution < -0.4 is 16.8 Å². The van der Waals surface area contributed by atoms with Crippen molar-refractivity contribution in [2.75, 3.05) is 5.32 Å². The number of carbonyl (C=O) groups excluding carboxylic acids is 2. The van der Waals surface area contributed by atoms with Gasteiger partial charge in [0.25, 0.3) is 11.8 Å². The maximum absolute atomic E-state index is 12.3. The molecule has 27 heavy (non-hydrogen) atoms. The molecule has 5 N–H and O–H groups in total. The molecule has 0 unspecified atom stereocenters. The molecule has 2 aromatic carbocycles. The van der Waals surface area contributed by atoms with Gasteiger partial charge in [-0.05, 0) is 47.2 Å². The van der Waals surface area contributed by atoms with E-state index in [9.17, 15) is 9.59 Å². The summed E-state index contributed by atoms with van der Waals surface area (Å²) in [5, 5.41) is 4.39. The monoisotopic (exact) mass is 405 g/mol. The number of hydrogen-bond acceptors (Lipinski definition) is 3. The molecule has 140 valence electrons. The van der Waals surface area contributed by atoms with E-state index in [2.05, 4.69) is 15.3 Å². The molecule has 0 aliphatic heterocycles. The van der Waals surface area contributed by atoms with Crippen LogP contribution in [-0.2, 0) is 0 Å². The average Bonchev–Trinajstić information content (AvgIpc) is 2.61. The van der Waals surface area contributed by atoms with Crippen molar-refractivity contribution in [3.63, 3.8) is 0 Å². The Morgan fingerprint density at radius 2 is 1.56 bits per heavy atom. The molecule has 3 aromatic rings. The summed E-state index contributed by atoms with van der Waals surface area (Å²) in [6.07, 6.45) is 3.20. The highest BCUT2D eigenvalue weighted by Gasteiger charge is 2.09. The number of aromatic nitrogens is 1. The molecule has 0 aliphatic rings. The molecule has 0 bridgehead atoms. The van der Waals surface area contributed by atoms with Crippen molar-refractivity contribution in [2.45, 2.75) is 0 Å². The Morgan fingerprint density at radius 1 is 0.926 bits per heavy atom. The van der Waals surface area contributed by atoms with E-state index < -0.39 is 5.91 Å². The maximum Gasteiger partial charge on any atom is 0.280 e. The summed E-state index contributed by atoms with van der Waals surface area (Å²) in [7, 11) is 0. The van der Waals surface area contributed by atoms with Crippen molar-refractivity contribution < 1.29 is 9.59 Å². The fraction of sp³-hybridized carbons (Fsp3) is 0. The van der Waals surface area contributed by atoms with Crippen LogP contribution in [0.4, 0.5) is 5.69 Å². The van der Waals surface area contributed by atoms with Crippen LogP contribution in [0.1, 0.15) is 20.7 Å². The number of amides is 2. The third-order valence-corrected chi connectivity index (χ3v) is 3.50. The molecule has 7 nitrogen and oxygen atoms in total. The summed E-state index contributed by atoms with van der Waals surface area (Å²) in [4.78, 5) is 31.6. The normalized spacial score (nSPS) is 9.48. The minimum atomic E-state index is -0.514. The molecule has 0 fully saturated rings. The van der Waals surface area contributed by atoms with Gasteiger partial charge in [0.15, 0.2) is 5.96 Å². The van der Waals surface area contributed by atoms with Crippen LogP contribution in [0.3, 0.4) is 0 Å². The van der Waals surface area contributed by atoms with Gasteiger partial charge in [-0.1, -0.05) is 12.1 Å². The van der Waals surface area contributed by atoms with E-state index in [0.717, 1.165) is 10.8 Å². The molecule has 1 heterocycles. The Balaban J connectivity index is 0.00000182. The number of nitrogens with one attached hydrogen (secondary N) is 1. The number of hydrogen-bond donors (Lipinski definition) is 3. The van der Waals surface area contributed by atoms with Crippen LogP contribution in [0, 0.1) is 0 Å². The number of nitrogens with zero attached hydrogens (tertiary/aromatic N) is 2. The fourth-order valence-corrected chi connectivity index (χ4v) is 2.34. The standard InChI is InChI=1S/C18H15N5O2.2ClH/c19-18(20)23-17(25)14-6-4-11-8-13(5-3-12(11)9-14)16(24)22-15-2-1-7-21-10-15;;/h1-10H,(H,22,24)(H4,19,20,23,25);2*1H. The second-order valence-corrected chi connectivity index (χ2v) is 5.31. The summed E-state index contributed by atoms with van der Waals surface area (Å²) in [6.45, 7) is 0. The van der Waals surface area contributed by atoms with Crippen LogP contribution in [0.2, 0.25) is 0 Å². The number of halogens is 2. The first-order chi connectivity index (χ1) is 12.0. The van der Waals surface area contributed by atoms with E-state index in [4.69, 9.17) is 11.5 Å². The van der Waals surface area contributed by atoms with Crippen molar-refractivity contribution in [1.82, 2.24) is 4.98 Å². The Morgan fingerprint density at radius 3 is 2.15 bits per heavy atom. The van der Waals surface area contributed by atoms with Gasteiger partial charge < -0.3 is 16.8 Å². The SMILES string of the molecule is Cl.Cl.NC(N)=NC(=O)c1ccc2cc(C(=O)Nc3cccnc3)ccc2c1. The quantitative estimate of drug-likeness (QED) is 0.456. The van der Waals surface area contributed by atoms with Crippen LogP contribution in [0.5, 0.6) is 0 Å². The van der Waals surface area contributed by atoms with E-state index in [0.29, 0.717) is 16.8 Å². The summed E-state index contributed by atoms with van der Waals surface area (Å²) < 4.78 is 0. The van der Waals surface area contributed by atoms with Gasteiger partial charge in [0.2, 0.25) is 0 Å². The number of nitrogens with two attached hydrogens (primary N) is 2. The predicted molar refractivity (Wildman–Crippen MR) is 111 cm³/mol. The number of benzene rings is 2. The molecule has 3 rings (SSSR count). The number of fused-ring (bicyclic) bond motifs is 1. The smallest absolute Gasteiger partial charge is 0.280 e. The molecular formula is C18H17Cl2N5O2. The third kappa shape index (κ3) is 5.40. The molecule has 2 amide bonds. The lowest BCUT2D eigenvalue weighted by atomic mass is 10.0. The lowest BCUT2D eigenvalue weighted by molar-refractivity contribution is 0.0999. The van der Waals surface area contributed by atoms with E-state index in [1.807, 2.05) is 0 Å². The fourth-order valence-electron chi connectivity index (χ4n) is 2.34. The summed E-state index contributed by atoms with van der Waals surface area (Å²) in [6, 6.07) is 13.7. The largest absolute Gasteiger partial charge is 0.370 e. The van der Waals surface area contributed by atoms with Crippen LogP contribution >= 0.6 is 24.8 Å². The highest BCUT2D eigenvalue weighted by atomic mass is 35.5. The van der Waals surface area contributed by atoms with Gasteiger partial charge in [0.05, 0.1) is 11.9 Å². The van der Waals surface area contributed by atoms with Gasteiger partial charge in [-0.15, -0.1) is 24.8 Å². The average molecular weight is 406 g/mol. The minimum Gasteiger partial charge on any atom is -0.370 e. The van der Waals surface area contributed by atoms with Crippen molar-refractivity contribution in [2.24, 2.45) is 16.5 Å². The molecule has 0 atom stereocenters. The number of aliphatic imine (C=N–C) groups is 1. The Hall–Kier alpha value is -3.16. The zero-order valence-electron chi connectivity index (χ0n) is 14.0. The van der Waals surface area contributed by atoms with Crippen LogP contribution in [0.25, 0.3) is 10.8 Å². The predicted octanol–water partition coefficient (Wildman–Crippen LogP) is 2.74. The highest BCUT2D eigenvalue weighted by Crippen LogP contribution is 2.19. The zero-order valence-corrected chi connectivity index (χ0v) is 15.6. The van der Waals surface area contributed by atoms with E-state index in [1.54, 1.807) is 60.9 Å². The van der Waals surface area contributed by atoms with Gasteiger partial charge in [-0.3, -0.25) is 14.6 Å². The summed E-state index contributed by atoms with van der Waals surface area (Å²) >= 11 is 0. The minimum absolute atomic E-state index is 0. The molecule has 0 saturated carbocycles. The Kier molecular flexibility index (Phi) is 7.71. The Labute approximate surface area is 167 Å². The van der Waals surface area contributed by atoms with E-state index >= 15 is 0 Å². The van der Waals surface area contributed by atoms with E-state index in [1.165, 1.54) is 0 Å². The molecule has 0 radical (unpaired) electrons. The van der Waals surface area contributed by atoms with Crippen LogP contribution in [-0.4, -0.2) is 22.8 Å². The molecule has 0 aliphatic carbocycles. The van der Waals surface area contributed by atoms with Crippen molar-refractivity contribution >= 4 is 59.0 Å². The highest BCUT2D eigenvalue weighted by molar-refractivity contribution is 6.08. The second-order valence-electron chi connectivity index (χ2n) is 5.31.